The van der Waals surface area contributed by atoms with E-state index in [0.717, 1.165) is 5.69 Å². The summed E-state index contributed by atoms with van der Waals surface area (Å²) in [5.74, 6) is -0.0537. The number of nitrogens with one attached hydrogen (secondary N) is 1. The van der Waals surface area contributed by atoms with Crippen LogP contribution < -0.4 is 11.1 Å². The summed E-state index contributed by atoms with van der Waals surface area (Å²) in [5, 5.41) is 3.47. The Labute approximate surface area is 116 Å². The van der Waals surface area contributed by atoms with Crippen molar-refractivity contribution < 1.29 is 4.79 Å². The van der Waals surface area contributed by atoms with Crippen LogP contribution in [0.4, 0.5) is 11.5 Å². The molecule has 1 amide bonds. The molecule has 1 aromatic heterocycles. The Kier molecular flexibility index (Phi) is 3.71. The zero-order chi connectivity index (χ0) is 14.0. The second kappa shape index (κ2) is 5.28. The van der Waals surface area contributed by atoms with E-state index in [9.17, 15) is 4.79 Å². The predicted octanol–water partition coefficient (Wildman–Crippen LogP) is 3.19. The van der Waals surface area contributed by atoms with Crippen LogP contribution in [0.25, 0.3) is 0 Å². The van der Waals surface area contributed by atoms with Gasteiger partial charge in [0.25, 0.3) is 0 Å². The van der Waals surface area contributed by atoms with Crippen LogP contribution in [0.5, 0.6) is 0 Å². The highest BCUT2D eigenvalue weighted by Gasteiger charge is 2.07. The van der Waals surface area contributed by atoms with E-state index in [-0.39, 0.29) is 5.56 Å². The second-order valence-electron chi connectivity index (χ2n) is 4.34. The fraction of sp³-hybridized carbons (Fsp3) is 0.143. The summed E-state index contributed by atoms with van der Waals surface area (Å²) >= 11 is 6.06. The van der Waals surface area contributed by atoms with E-state index in [2.05, 4.69) is 10.3 Å². The molecule has 0 fully saturated rings. The van der Waals surface area contributed by atoms with Gasteiger partial charge in [0.15, 0.2) is 0 Å². The van der Waals surface area contributed by atoms with Gasteiger partial charge in [-0.2, -0.15) is 0 Å². The predicted molar refractivity (Wildman–Crippen MR) is 77.0 cm³/mol. The number of rotatable bonds is 3. The molecule has 3 N–H and O–H groups in total. The first-order chi connectivity index (χ1) is 8.97. The molecule has 0 atom stereocenters. The van der Waals surface area contributed by atoms with Crippen LogP contribution in [-0.2, 0) is 0 Å². The van der Waals surface area contributed by atoms with Crippen LogP contribution in [0, 0.1) is 13.8 Å². The largest absolute Gasteiger partial charge is 0.366 e. The van der Waals surface area contributed by atoms with Crippen LogP contribution >= 0.6 is 11.6 Å². The van der Waals surface area contributed by atoms with Crippen molar-refractivity contribution >= 4 is 29.0 Å². The molecule has 0 aliphatic carbocycles. The maximum absolute atomic E-state index is 11.0. The number of nitrogens with two attached hydrogens (primary N) is 1. The molecule has 5 heteroatoms. The number of primary amides is 1. The van der Waals surface area contributed by atoms with Crippen molar-refractivity contribution in [3.05, 3.63) is 52.2 Å². The topological polar surface area (TPSA) is 68.0 Å². The van der Waals surface area contributed by atoms with Gasteiger partial charge >= 0.3 is 0 Å². The molecule has 0 unspecified atom stereocenters. The lowest BCUT2D eigenvalue weighted by atomic mass is 10.1. The zero-order valence-electron chi connectivity index (χ0n) is 10.7. The normalized spacial score (nSPS) is 10.3. The Balaban J connectivity index is 2.28. The standard InChI is InChI=1S/C14H14ClN3O/c1-8-3-4-11(5-9(8)2)18-14-12(15)6-10(7-17-14)13(16)19/h3-7H,1-2H3,(H2,16,19)(H,17,18). The van der Waals surface area contributed by atoms with Gasteiger partial charge in [0.1, 0.15) is 5.82 Å². The summed E-state index contributed by atoms with van der Waals surface area (Å²) in [6.45, 7) is 4.08. The molecule has 0 aliphatic heterocycles. The van der Waals surface area contributed by atoms with E-state index >= 15 is 0 Å². The van der Waals surface area contributed by atoms with Gasteiger partial charge < -0.3 is 11.1 Å². The van der Waals surface area contributed by atoms with Crippen molar-refractivity contribution in [3.63, 3.8) is 0 Å². The molecular weight excluding hydrogens is 262 g/mol. The van der Waals surface area contributed by atoms with Crippen molar-refractivity contribution in [1.29, 1.82) is 0 Å². The number of pyridine rings is 1. The number of nitrogens with zero attached hydrogens (tertiary/aromatic N) is 1. The number of hydrogen-bond donors (Lipinski definition) is 2. The van der Waals surface area contributed by atoms with Gasteiger partial charge in [-0.05, 0) is 43.2 Å². The molecule has 0 saturated heterocycles. The fourth-order valence-corrected chi connectivity index (χ4v) is 1.83. The quantitative estimate of drug-likeness (QED) is 0.904. The van der Waals surface area contributed by atoms with E-state index in [4.69, 9.17) is 17.3 Å². The minimum atomic E-state index is -0.549. The number of carbonyl (C=O) groups excluding carboxylic acids is 1. The van der Waals surface area contributed by atoms with Crippen LogP contribution in [0.3, 0.4) is 0 Å². The number of aryl methyl sites for hydroxylation is 2. The van der Waals surface area contributed by atoms with Crippen LogP contribution in [0.1, 0.15) is 21.5 Å². The van der Waals surface area contributed by atoms with Crippen LogP contribution in [-0.4, -0.2) is 10.9 Å². The van der Waals surface area contributed by atoms with E-state index in [1.165, 1.54) is 23.4 Å². The van der Waals surface area contributed by atoms with Crippen molar-refractivity contribution in [2.24, 2.45) is 5.73 Å². The lowest BCUT2D eigenvalue weighted by molar-refractivity contribution is 0.1000. The average molecular weight is 276 g/mol. The number of benzene rings is 1. The SMILES string of the molecule is Cc1ccc(Nc2ncc(C(N)=O)cc2Cl)cc1C. The van der Waals surface area contributed by atoms with Gasteiger partial charge in [0.05, 0.1) is 10.6 Å². The van der Waals surface area contributed by atoms with E-state index < -0.39 is 5.91 Å². The lowest BCUT2D eigenvalue weighted by Crippen LogP contribution is -2.11. The zero-order valence-corrected chi connectivity index (χ0v) is 11.5. The van der Waals surface area contributed by atoms with E-state index in [0.29, 0.717) is 10.8 Å². The molecule has 4 nitrogen and oxygen atoms in total. The van der Waals surface area contributed by atoms with Crippen molar-refractivity contribution in [2.75, 3.05) is 5.32 Å². The molecule has 0 aliphatic rings. The number of amides is 1. The highest BCUT2D eigenvalue weighted by Crippen LogP contribution is 2.25. The van der Waals surface area contributed by atoms with Gasteiger partial charge in [-0.3, -0.25) is 4.79 Å². The monoisotopic (exact) mass is 275 g/mol. The highest BCUT2D eigenvalue weighted by molar-refractivity contribution is 6.33. The number of aromatic nitrogens is 1. The maximum atomic E-state index is 11.0. The first kappa shape index (κ1) is 13.4. The Morgan fingerprint density at radius 1 is 1.26 bits per heavy atom. The highest BCUT2D eigenvalue weighted by atomic mass is 35.5. The van der Waals surface area contributed by atoms with Gasteiger partial charge in [0.2, 0.25) is 5.91 Å². The average Bonchev–Trinajstić information content (AvgIpc) is 2.36. The number of carbonyl (C=O) groups is 1. The Hall–Kier alpha value is -2.07. The molecule has 19 heavy (non-hydrogen) atoms. The Morgan fingerprint density at radius 3 is 2.58 bits per heavy atom. The molecule has 98 valence electrons. The first-order valence-electron chi connectivity index (χ1n) is 5.77. The molecule has 0 spiro atoms. The molecule has 0 radical (unpaired) electrons. The first-order valence-corrected chi connectivity index (χ1v) is 6.15. The third-order valence-electron chi connectivity index (χ3n) is 2.90. The number of halogens is 1. The number of hydrogen-bond acceptors (Lipinski definition) is 3. The molecule has 0 bridgehead atoms. The summed E-state index contributed by atoms with van der Waals surface area (Å²) < 4.78 is 0. The summed E-state index contributed by atoms with van der Waals surface area (Å²) in [4.78, 5) is 15.1. The van der Waals surface area contributed by atoms with Crippen LogP contribution in [0.2, 0.25) is 5.02 Å². The van der Waals surface area contributed by atoms with Crippen molar-refractivity contribution in [2.45, 2.75) is 13.8 Å². The third kappa shape index (κ3) is 3.03. The van der Waals surface area contributed by atoms with E-state index in [1.54, 1.807) is 0 Å². The van der Waals surface area contributed by atoms with Gasteiger partial charge in [0, 0.05) is 11.9 Å². The minimum absolute atomic E-state index is 0.288. The summed E-state index contributed by atoms with van der Waals surface area (Å²) in [6, 6.07) is 7.47. The summed E-state index contributed by atoms with van der Waals surface area (Å²) in [5.41, 5.74) is 8.74. The van der Waals surface area contributed by atoms with Gasteiger partial charge in [-0.25, -0.2) is 4.98 Å². The summed E-state index contributed by atoms with van der Waals surface area (Å²) in [7, 11) is 0. The van der Waals surface area contributed by atoms with Crippen molar-refractivity contribution in [3.8, 4) is 0 Å². The maximum Gasteiger partial charge on any atom is 0.250 e. The molecule has 1 heterocycles. The lowest BCUT2D eigenvalue weighted by Gasteiger charge is -2.09. The minimum Gasteiger partial charge on any atom is -0.366 e. The molecule has 1 aromatic carbocycles. The Morgan fingerprint density at radius 2 is 2.00 bits per heavy atom. The molecular formula is C14H14ClN3O. The fourth-order valence-electron chi connectivity index (χ4n) is 1.62. The van der Waals surface area contributed by atoms with Crippen molar-refractivity contribution in [1.82, 2.24) is 4.98 Å². The molecule has 2 aromatic rings. The third-order valence-corrected chi connectivity index (χ3v) is 3.18. The van der Waals surface area contributed by atoms with Crippen LogP contribution in [0.15, 0.2) is 30.5 Å². The summed E-state index contributed by atoms with van der Waals surface area (Å²) in [6.07, 6.45) is 1.40. The molecule has 2 rings (SSSR count). The van der Waals surface area contributed by atoms with E-state index in [1.807, 2.05) is 32.0 Å². The smallest absolute Gasteiger partial charge is 0.250 e. The second-order valence-corrected chi connectivity index (χ2v) is 4.75. The Bertz CT molecular complexity index is 641. The number of anilines is 2. The van der Waals surface area contributed by atoms with Gasteiger partial charge in [-0.15, -0.1) is 0 Å². The molecule has 0 saturated carbocycles. The van der Waals surface area contributed by atoms with Gasteiger partial charge in [-0.1, -0.05) is 17.7 Å².